The van der Waals surface area contributed by atoms with Gasteiger partial charge < -0.3 is 14.7 Å². The number of piperidine rings is 1. The third-order valence-corrected chi connectivity index (χ3v) is 6.71. The summed E-state index contributed by atoms with van der Waals surface area (Å²) < 4.78 is 44.0. The van der Waals surface area contributed by atoms with Crippen LogP contribution in [0.25, 0.3) is 0 Å². The molecule has 3 heterocycles. The third kappa shape index (κ3) is 5.39. The topological polar surface area (TPSA) is 91.2 Å². The number of hydrazone groups is 1. The number of likely N-dealkylation sites (tertiary alicyclic amines) is 1. The molecule has 1 N–H and O–H groups in total. The Morgan fingerprint density at radius 3 is 2.51 bits per heavy atom. The van der Waals surface area contributed by atoms with E-state index in [4.69, 9.17) is 4.74 Å². The molecule has 1 unspecified atom stereocenters. The molecule has 186 valence electrons. The number of alkyl halides is 3. The van der Waals surface area contributed by atoms with Gasteiger partial charge in [0, 0.05) is 37.8 Å². The molecule has 1 amide bonds. The summed E-state index contributed by atoms with van der Waals surface area (Å²) in [7, 11) is 0. The first-order chi connectivity index (χ1) is 16.7. The van der Waals surface area contributed by atoms with Crippen LogP contribution in [-0.4, -0.2) is 56.8 Å². The number of ether oxygens (including phenoxy) is 1. The molecule has 1 aromatic carbocycles. The number of halogens is 3. The minimum Gasteiger partial charge on any atom is -0.424 e. The summed E-state index contributed by atoms with van der Waals surface area (Å²) in [5, 5.41) is 17.5. The lowest BCUT2D eigenvalue weighted by atomic mass is 9.84. The fourth-order valence-corrected chi connectivity index (χ4v) is 4.59. The molecule has 11 heteroatoms. The predicted octanol–water partition coefficient (Wildman–Crippen LogP) is 4.01. The Balaban J connectivity index is 1.20. The molecule has 5 rings (SSSR count). The monoisotopic (exact) mass is 489 g/mol. The molecule has 1 aliphatic carbocycles. The molecule has 0 bridgehead atoms. The summed E-state index contributed by atoms with van der Waals surface area (Å²) in [5.41, 5.74) is -1.17. The Labute approximate surface area is 200 Å². The maximum atomic E-state index is 12.9. The van der Waals surface area contributed by atoms with Gasteiger partial charge in [0.1, 0.15) is 5.75 Å². The molecule has 0 radical (unpaired) electrons. The Morgan fingerprint density at radius 1 is 1.14 bits per heavy atom. The summed E-state index contributed by atoms with van der Waals surface area (Å²) in [6.07, 6.45) is 2.47. The van der Waals surface area contributed by atoms with Crippen molar-refractivity contribution in [3.63, 3.8) is 0 Å². The molecule has 2 aliphatic heterocycles. The molecule has 8 nitrogen and oxygen atoms in total. The molecular formula is C24H26F3N5O3. The van der Waals surface area contributed by atoms with E-state index in [9.17, 15) is 23.1 Å². The van der Waals surface area contributed by atoms with Gasteiger partial charge in [0.2, 0.25) is 5.91 Å². The van der Waals surface area contributed by atoms with E-state index in [0.29, 0.717) is 44.5 Å². The zero-order valence-electron chi connectivity index (χ0n) is 19.0. The number of rotatable bonds is 6. The number of aliphatic hydroxyl groups is 1. The standard InChI is InChI=1S/C24H26F3N5O3/c25-24(26,27)20-8-11-28-22(30-20)35-19-5-3-17(4-6-19)32-18(7-12-29-32)15-23(34)9-13-31(14-10-23)21(33)16-1-2-16/h3-6,8,11-12,16,18,34H,1-2,7,9-10,13-15H2. The highest BCUT2D eigenvalue weighted by molar-refractivity contribution is 5.81. The van der Waals surface area contributed by atoms with E-state index in [1.165, 1.54) is 0 Å². The van der Waals surface area contributed by atoms with Crippen LogP contribution in [0.4, 0.5) is 18.9 Å². The smallest absolute Gasteiger partial charge is 0.424 e. The molecule has 1 saturated heterocycles. The quantitative estimate of drug-likeness (QED) is 0.660. The van der Waals surface area contributed by atoms with Gasteiger partial charge in [-0.05, 0) is 62.4 Å². The van der Waals surface area contributed by atoms with E-state index in [1.807, 2.05) is 9.91 Å². The van der Waals surface area contributed by atoms with Crippen molar-refractivity contribution in [2.45, 2.75) is 56.3 Å². The van der Waals surface area contributed by atoms with Gasteiger partial charge in [-0.25, -0.2) is 4.98 Å². The fraction of sp³-hybridized carbons (Fsp3) is 0.500. The Hall–Kier alpha value is -3.21. The number of benzene rings is 1. The molecule has 1 saturated carbocycles. The minimum atomic E-state index is -4.58. The summed E-state index contributed by atoms with van der Waals surface area (Å²) in [4.78, 5) is 21.3. The Morgan fingerprint density at radius 2 is 1.86 bits per heavy atom. The first kappa shape index (κ1) is 23.5. The highest BCUT2D eigenvalue weighted by atomic mass is 19.4. The Kier molecular flexibility index (Phi) is 6.12. The molecule has 2 fully saturated rings. The van der Waals surface area contributed by atoms with Crippen molar-refractivity contribution in [3.8, 4) is 11.8 Å². The number of aromatic nitrogens is 2. The zero-order chi connectivity index (χ0) is 24.6. The molecule has 1 aromatic heterocycles. The first-order valence-corrected chi connectivity index (χ1v) is 11.7. The highest BCUT2D eigenvalue weighted by Gasteiger charge is 2.41. The third-order valence-electron chi connectivity index (χ3n) is 6.71. The van der Waals surface area contributed by atoms with Gasteiger partial charge >= 0.3 is 12.2 Å². The zero-order valence-corrected chi connectivity index (χ0v) is 19.0. The van der Waals surface area contributed by atoms with Crippen LogP contribution in [0.15, 0.2) is 41.6 Å². The molecule has 2 aromatic rings. The first-order valence-electron chi connectivity index (χ1n) is 11.7. The number of hydrogen-bond acceptors (Lipinski definition) is 7. The maximum absolute atomic E-state index is 12.9. The summed E-state index contributed by atoms with van der Waals surface area (Å²) in [5.74, 6) is 0.696. The SMILES string of the molecule is O=C(C1CC1)N1CCC(O)(CC2CC=NN2c2ccc(Oc3nccc(C(F)(F)F)n3)cc2)CC1. The predicted molar refractivity (Wildman–Crippen MR) is 121 cm³/mol. The number of amides is 1. The lowest BCUT2D eigenvalue weighted by Crippen LogP contribution is -2.49. The van der Waals surface area contributed by atoms with Gasteiger partial charge in [0.25, 0.3) is 0 Å². The van der Waals surface area contributed by atoms with Crippen molar-refractivity contribution in [1.82, 2.24) is 14.9 Å². The van der Waals surface area contributed by atoms with Crippen LogP contribution < -0.4 is 9.75 Å². The minimum absolute atomic E-state index is 0.0377. The normalized spacial score (nSPS) is 21.9. The van der Waals surface area contributed by atoms with Gasteiger partial charge in [0.15, 0.2) is 5.69 Å². The average Bonchev–Trinajstić information content (AvgIpc) is 3.59. The van der Waals surface area contributed by atoms with E-state index in [2.05, 4.69) is 15.1 Å². The van der Waals surface area contributed by atoms with Crippen molar-refractivity contribution in [2.24, 2.45) is 11.0 Å². The van der Waals surface area contributed by atoms with E-state index in [1.54, 1.807) is 30.5 Å². The molecular weight excluding hydrogens is 463 g/mol. The van der Waals surface area contributed by atoms with Crippen molar-refractivity contribution < 1.29 is 27.8 Å². The van der Waals surface area contributed by atoms with E-state index in [0.717, 1.165) is 30.8 Å². The summed E-state index contributed by atoms with van der Waals surface area (Å²) in [6.45, 7) is 1.14. The molecule has 1 atom stereocenters. The highest BCUT2D eigenvalue weighted by Crippen LogP contribution is 2.37. The van der Waals surface area contributed by atoms with Gasteiger partial charge in [-0.2, -0.15) is 23.3 Å². The second-order valence-corrected chi connectivity index (χ2v) is 9.38. The van der Waals surface area contributed by atoms with Gasteiger partial charge in [0.05, 0.1) is 17.3 Å². The van der Waals surface area contributed by atoms with Crippen molar-refractivity contribution in [3.05, 3.63) is 42.2 Å². The second kappa shape index (κ2) is 9.10. The lowest BCUT2D eigenvalue weighted by molar-refractivity contribution is -0.141. The van der Waals surface area contributed by atoms with E-state index in [-0.39, 0.29) is 17.9 Å². The van der Waals surface area contributed by atoms with Gasteiger partial charge in [-0.1, -0.05) is 0 Å². The largest absolute Gasteiger partial charge is 0.433 e. The van der Waals surface area contributed by atoms with Crippen LogP contribution in [0.1, 0.15) is 44.2 Å². The van der Waals surface area contributed by atoms with E-state index < -0.39 is 23.5 Å². The second-order valence-electron chi connectivity index (χ2n) is 9.38. The van der Waals surface area contributed by atoms with Crippen molar-refractivity contribution in [2.75, 3.05) is 18.1 Å². The van der Waals surface area contributed by atoms with Gasteiger partial charge in [-0.3, -0.25) is 9.80 Å². The van der Waals surface area contributed by atoms with Crippen molar-refractivity contribution >= 4 is 17.8 Å². The lowest BCUT2D eigenvalue weighted by Gasteiger charge is -2.40. The summed E-state index contributed by atoms with van der Waals surface area (Å²) in [6, 6.07) is 7.08. The molecule has 3 aliphatic rings. The number of carbonyl (C=O) groups excluding carboxylic acids is 1. The van der Waals surface area contributed by atoms with Crippen LogP contribution in [0, 0.1) is 5.92 Å². The number of anilines is 1. The van der Waals surface area contributed by atoms with Crippen LogP contribution >= 0.6 is 0 Å². The number of carbonyl (C=O) groups is 1. The average molecular weight is 489 g/mol. The fourth-order valence-electron chi connectivity index (χ4n) is 4.59. The maximum Gasteiger partial charge on any atom is 0.433 e. The Bertz CT molecular complexity index is 1100. The molecule has 0 spiro atoms. The number of nitrogens with zero attached hydrogens (tertiary/aromatic N) is 5. The van der Waals surface area contributed by atoms with Crippen molar-refractivity contribution in [1.29, 1.82) is 0 Å². The summed E-state index contributed by atoms with van der Waals surface area (Å²) >= 11 is 0. The van der Waals surface area contributed by atoms with Gasteiger partial charge in [-0.15, -0.1) is 0 Å². The number of hydrogen-bond donors (Lipinski definition) is 1. The van der Waals surface area contributed by atoms with Crippen LogP contribution in [0.2, 0.25) is 0 Å². The van der Waals surface area contributed by atoms with Crippen LogP contribution in [0.5, 0.6) is 11.8 Å². The van der Waals surface area contributed by atoms with Crippen LogP contribution in [0.3, 0.4) is 0 Å². The van der Waals surface area contributed by atoms with E-state index >= 15 is 0 Å². The van der Waals surface area contributed by atoms with Crippen LogP contribution in [-0.2, 0) is 11.0 Å². The molecule has 35 heavy (non-hydrogen) atoms.